The van der Waals surface area contributed by atoms with Crippen LogP contribution in [0.3, 0.4) is 0 Å². The minimum Gasteiger partial charge on any atom is -0.311 e. The average Bonchev–Trinajstić information content (AvgIpc) is 3.36. The van der Waals surface area contributed by atoms with Crippen molar-refractivity contribution in [1.82, 2.24) is 0 Å². The Hall–Kier alpha value is -8.20. The summed E-state index contributed by atoms with van der Waals surface area (Å²) in [6.45, 7) is 0. The summed E-state index contributed by atoms with van der Waals surface area (Å²) in [5, 5.41) is 0. The standard InChI is InChI=1S/C60H44N2/c1-5-15-45(16-6-1)49-27-35-55(36-28-49)61(56-37-29-50(30-38-56)46-17-7-2-8-18-46)57-39-31-51(32-40-57)52-33-41-58(42-34-52)62(59-25-13-23-53(43-59)47-19-9-3-10-20-47)60-26-14-24-54(44-60)48-21-11-4-12-22-48/h1-44H. The van der Waals surface area contributed by atoms with Crippen molar-refractivity contribution in [2.45, 2.75) is 0 Å². The van der Waals surface area contributed by atoms with Crippen LogP contribution < -0.4 is 9.80 Å². The van der Waals surface area contributed by atoms with Crippen LogP contribution in [0.2, 0.25) is 0 Å². The van der Waals surface area contributed by atoms with Crippen LogP contribution in [-0.2, 0) is 0 Å². The van der Waals surface area contributed by atoms with Gasteiger partial charge in [-0.05, 0) is 128 Å². The molecule has 2 heteroatoms. The molecule has 0 radical (unpaired) electrons. The van der Waals surface area contributed by atoms with Gasteiger partial charge in [0, 0.05) is 34.1 Å². The minimum absolute atomic E-state index is 1.09. The second kappa shape index (κ2) is 17.6. The van der Waals surface area contributed by atoms with E-state index in [0.29, 0.717) is 0 Å². The van der Waals surface area contributed by atoms with E-state index in [1.165, 1.54) is 44.5 Å². The Morgan fingerprint density at radius 1 is 0.145 bits per heavy atom. The van der Waals surface area contributed by atoms with Crippen molar-refractivity contribution in [2.75, 3.05) is 9.80 Å². The van der Waals surface area contributed by atoms with Crippen molar-refractivity contribution >= 4 is 34.1 Å². The first kappa shape index (κ1) is 38.0. The molecule has 0 aliphatic rings. The molecule has 0 atom stereocenters. The molecule has 0 bridgehead atoms. The van der Waals surface area contributed by atoms with Gasteiger partial charge in [0.2, 0.25) is 0 Å². The van der Waals surface area contributed by atoms with Crippen LogP contribution in [-0.4, -0.2) is 0 Å². The molecule has 294 valence electrons. The van der Waals surface area contributed by atoms with Gasteiger partial charge >= 0.3 is 0 Å². The van der Waals surface area contributed by atoms with Gasteiger partial charge in [-0.1, -0.05) is 194 Å². The summed E-state index contributed by atoms with van der Waals surface area (Å²) < 4.78 is 0. The van der Waals surface area contributed by atoms with Crippen molar-refractivity contribution in [2.24, 2.45) is 0 Å². The number of anilines is 6. The summed E-state index contributed by atoms with van der Waals surface area (Å²) in [5.74, 6) is 0. The van der Waals surface area contributed by atoms with Crippen LogP contribution >= 0.6 is 0 Å². The van der Waals surface area contributed by atoms with Gasteiger partial charge in [-0.25, -0.2) is 0 Å². The van der Waals surface area contributed by atoms with Crippen LogP contribution in [0.4, 0.5) is 34.1 Å². The largest absolute Gasteiger partial charge is 0.311 e. The van der Waals surface area contributed by atoms with Gasteiger partial charge in [0.1, 0.15) is 0 Å². The fraction of sp³-hybridized carbons (Fsp3) is 0. The zero-order valence-electron chi connectivity index (χ0n) is 34.3. The first-order chi connectivity index (χ1) is 30.7. The molecular formula is C60H44N2. The van der Waals surface area contributed by atoms with E-state index in [4.69, 9.17) is 0 Å². The summed E-state index contributed by atoms with van der Waals surface area (Å²) in [6.07, 6.45) is 0. The molecule has 0 amide bonds. The molecule has 0 unspecified atom stereocenters. The van der Waals surface area contributed by atoms with Crippen LogP contribution in [0.15, 0.2) is 267 Å². The Morgan fingerprint density at radius 3 is 0.629 bits per heavy atom. The van der Waals surface area contributed by atoms with E-state index < -0.39 is 0 Å². The lowest BCUT2D eigenvalue weighted by atomic mass is 10.0. The molecule has 0 aliphatic heterocycles. The van der Waals surface area contributed by atoms with Crippen molar-refractivity contribution in [3.63, 3.8) is 0 Å². The highest BCUT2D eigenvalue weighted by Crippen LogP contribution is 2.41. The fourth-order valence-electron chi connectivity index (χ4n) is 8.28. The third-order valence-corrected chi connectivity index (χ3v) is 11.5. The molecule has 0 aromatic heterocycles. The fourth-order valence-corrected chi connectivity index (χ4v) is 8.28. The van der Waals surface area contributed by atoms with E-state index in [1.54, 1.807) is 0 Å². The van der Waals surface area contributed by atoms with Gasteiger partial charge in [0.05, 0.1) is 0 Å². The van der Waals surface area contributed by atoms with E-state index in [0.717, 1.165) is 45.3 Å². The van der Waals surface area contributed by atoms with Crippen LogP contribution in [0.5, 0.6) is 0 Å². The quantitative estimate of drug-likeness (QED) is 0.129. The minimum atomic E-state index is 1.09. The molecule has 10 aromatic rings. The molecule has 10 rings (SSSR count). The average molecular weight is 793 g/mol. The number of hydrogen-bond donors (Lipinski definition) is 0. The summed E-state index contributed by atoms with van der Waals surface area (Å²) in [4.78, 5) is 4.69. The molecule has 0 saturated carbocycles. The van der Waals surface area contributed by atoms with Crippen molar-refractivity contribution in [3.8, 4) is 55.6 Å². The molecule has 0 aliphatic carbocycles. The topological polar surface area (TPSA) is 6.48 Å². The Labute approximate surface area is 364 Å². The maximum Gasteiger partial charge on any atom is 0.0467 e. The number of benzene rings is 10. The van der Waals surface area contributed by atoms with Gasteiger partial charge in [-0.3, -0.25) is 0 Å². The monoisotopic (exact) mass is 792 g/mol. The predicted octanol–water partition coefficient (Wildman–Crippen LogP) is 17.0. The second-order valence-corrected chi connectivity index (χ2v) is 15.4. The Bertz CT molecular complexity index is 2830. The van der Waals surface area contributed by atoms with Crippen LogP contribution in [0, 0.1) is 0 Å². The Balaban J connectivity index is 0.983. The summed E-state index contributed by atoms with van der Waals surface area (Å²) >= 11 is 0. The maximum atomic E-state index is 2.36. The van der Waals surface area contributed by atoms with Gasteiger partial charge in [-0.2, -0.15) is 0 Å². The van der Waals surface area contributed by atoms with Gasteiger partial charge in [-0.15, -0.1) is 0 Å². The van der Waals surface area contributed by atoms with Gasteiger partial charge < -0.3 is 9.80 Å². The maximum absolute atomic E-state index is 2.36. The molecule has 2 nitrogen and oxygen atoms in total. The second-order valence-electron chi connectivity index (χ2n) is 15.4. The highest BCUT2D eigenvalue weighted by Gasteiger charge is 2.17. The lowest BCUT2D eigenvalue weighted by molar-refractivity contribution is 1.28. The smallest absolute Gasteiger partial charge is 0.0467 e. The molecule has 10 aromatic carbocycles. The van der Waals surface area contributed by atoms with Crippen LogP contribution in [0.1, 0.15) is 0 Å². The van der Waals surface area contributed by atoms with E-state index >= 15 is 0 Å². The SMILES string of the molecule is c1ccc(-c2ccc(N(c3ccc(-c4ccccc4)cc3)c3ccc(-c4ccc(N(c5cccc(-c6ccccc6)c5)c5cccc(-c6ccccc6)c5)cc4)cc3)cc2)cc1. The molecule has 0 N–H and O–H groups in total. The molecule has 0 saturated heterocycles. The van der Waals surface area contributed by atoms with E-state index in [1.807, 2.05) is 0 Å². The highest BCUT2D eigenvalue weighted by atomic mass is 15.1. The third kappa shape index (κ3) is 8.18. The first-order valence-electron chi connectivity index (χ1n) is 21.2. The molecule has 0 fully saturated rings. The number of nitrogens with zero attached hydrogens (tertiary/aromatic N) is 2. The summed E-state index contributed by atoms with van der Waals surface area (Å²) in [6, 6.07) is 95.5. The lowest BCUT2D eigenvalue weighted by Crippen LogP contribution is -2.10. The number of rotatable bonds is 11. The van der Waals surface area contributed by atoms with Crippen molar-refractivity contribution in [3.05, 3.63) is 267 Å². The zero-order valence-corrected chi connectivity index (χ0v) is 34.3. The lowest BCUT2D eigenvalue weighted by Gasteiger charge is -2.27. The Morgan fingerprint density at radius 2 is 0.355 bits per heavy atom. The van der Waals surface area contributed by atoms with Crippen LogP contribution in [0.25, 0.3) is 55.6 Å². The first-order valence-corrected chi connectivity index (χ1v) is 21.2. The van der Waals surface area contributed by atoms with Crippen molar-refractivity contribution in [1.29, 1.82) is 0 Å². The van der Waals surface area contributed by atoms with E-state index in [9.17, 15) is 0 Å². The van der Waals surface area contributed by atoms with Crippen molar-refractivity contribution < 1.29 is 0 Å². The molecular weight excluding hydrogens is 749 g/mol. The van der Waals surface area contributed by atoms with E-state index in [2.05, 4.69) is 277 Å². The third-order valence-electron chi connectivity index (χ3n) is 11.5. The Kier molecular flexibility index (Phi) is 10.8. The number of hydrogen-bond acceptors (Lipinski definition) is 2. The molecule has 0 spiro atoms. The highest BCUT2D eigenvalue weighted by molar-refractivity contribution is 5.85. The predicted molar refractivity (Wildman–Crippen MR) is 263 cm³/mol. The summed E-state index contributed by atoms with van der Waals surface area (Å²) in [5.41, 5.74) is 18.4. The molecule has 0 heterocycles. The van der Waals surface area contributed by atoms with Gasteiger partial charge in [0.25, 0.3) is 0 Å². The zero-order chi connectivity index (χ0) is 41.5. The van der Waals surface area contributed by atoms with Gasteiger partial charge in [0.15, 0.2) is 0 Å². The normalized spacial score (nSPS) is 10.9. The molecule has 62 heavy (non-hydrogen) atoms. The summed E-state index contributed by atoms with van der Waals surface area (Å²) in [7, 11) is 0. The van der Waals surface area contributed by atoms with E-state index in [-0.39, 0.29) is 0 Å².